The molecule has 0 aromatic carbocycles. The van der Waals surface area contributed by atoms with E-state index < -0.39 is 0 Å². The molecule has 5 atom stereocenters. The summed E-state index contributed by atoms with van der Waals surface area (Å²) < 4.78 is 0. The number of fused-ring (bicyclic) bond motifs is 1. The Morgan fingerprint density at radius 3 is 2.25 bits per heavy atom. The van der Waals surface area contributed by atoms with Gasteiger partial charge in [-0.1, -0.05) is 0 Å². The summed E-state index contributed by atoms with van der Waals surface area (Å²) in [6.07, 6.45) is 0. The molecular formula is C6H6N2. The van der Waals surface area contributed by atoms with Crippen LogP contribution in [-0.2, 0) is 0 Å². The highest BCUT2D eigenvalue weighted by Gasteiger charge is 2.81. The van der Waals surface area contributed by atoms with Crippen LogP contribution in [0.1, 0.15) is 0 Å². The van der Waals surface area contributed by atoms with Crippen LogP contribution in [0.5, 0.6) is 0 Å². The first kappa shape index (κ1) is 3.47. The number of hydrogen-bond donors (Lipinski definition) is 1. The predicted molar refractivity (Wildman–Crippen MR) is 26.8 cm³/mol. The Balaban J connectivity index is 1.99. The molecule has 0 spiro atoms. The Morgan fingerprint density at radius 1 is 1.25 bits per heavy atom. The van der Waals surface area contributed by atoms with Crippen LogP contribution in [0.25, 0.3) is 0 Å². The lowest BCUT2D eigenvalue weighted by atomic mass is 10.1. The second-order valence-corrected chi connectivity index (χ2v) is 3.03. The standard InChI is InChI=1S/C6H6N2/c7-1-2-3-4-5(3)6(4)8-2/h2-6,8H/t2-,3?,4-,5?,6-/m0/s1. The van der Waals surface area contributed by atoms with Crippen molar-refractivity contribution in [3.05, 3.63) is 0 Å². The maximum Gasteiger partial charge on any atom is 0.0990 e. The van der Waals surface area contributed by atoms with E-state index in [1.807, 2.05) is 0 Å². The van der Waals surface area contributed by atoms with Crippen molar-refractivity contribution in [1.29, 1.82) is 5.26 Å². The summed E-state index contributed by atoms with van der Waals surface area (Å²) >= 11 is 0. The lowest BCUT2D eigenvalue weighted by Gasteiger charge is -1.91. The van der Waals surface area contributed by atoms with Gasteiger partial charge in [-0.25, -0.2) is 0 Å². The van der Waals surface area contributed by atoms with Crippen LogP contribution in [0, 0.1) is 29.1 Å². The third-order valence-corrected chi connectivity index (χ3v) is 2.78. The molecule has 8 heavy (non-hydrogen) atoms. The maximum absolute atomic E-state index is 8.46. The molecule has 2 nitrogen and oxygen atoms in total. The Labute approximate surface area is 47.5 Å². The van der Waals surface area contributed by atoms with Gasteiger partial charge in [-0.2, -0.15) is 5.26 Å². The lowest BCUT2D eigenvalue weighted by molar-refractivity contribution is 0.695. The molecular weight excluding hydrogens is 100 g/mol. The highest BCUT2D eigenvalue weighted by molar-refractivity contribution is 5.36. The zero-order chi connectivity index (χ0) is 5.30. The summed E-state index contributed by atoms with van der Waals surface area (Å²) in [6, 6.07) is 3.28. The molecule has 40 valence electrons. The molecule has 0 amide bonds. The summed E-state index contributed by atoms with van der Waals surface area (Å²) in [5.74, 6) is 2.67. The number of rotatable bonds is 0. The molecule has 2 unspecified atom stereocenters. The molecule has 2 heterocycles. The Hall–Kier alpha value is -0.550. The second-order valence-electron chi connectivity index (χ2n) is 3.03. The third kappa shape index (κ3) is 0.167. The van der Waals surface area contributed by atoms with E-state index in [-0.39, 0.29) is 6.04 Å². The molecule has 2 aliphatic heterocycles. The average molecular weight is 106 g/mol. The number of nitrogens with zero attached hydrogens (tertiary/aromatic N) is 1. The Morgan fingerprint density at radius 2 is 2.00 bits per heavy atom. The minimum absolute atomic E-state index is 0.231. The molecule has 2 bridgehead atoms. The molecule has 4 rings (SSSR count). The van der Waals surface area contributed by atoms with Gasteiger partial charge in [0.2, 0.25) is 0 Å². The van der Waals surface area contributed by atoms with Gasteiger partial charge in [0.15, 0.2) is 0 Å². The summed E-state index contributed by atoms with van der Waals surface area (Å²) in [5.41, 5.74) is 0. The van der Waals surface area contributed by atoms with E-state index in [4.69, 9.17) is 5.26 Å². The van der Waals surface area contributed by atoms with Gasteiger partial charge in [-0.3, -0.25) is 5.32 Å². The third-order valence-electron chi connectivity index (χ3n) is 2.78. The topological polar surface area (TPSA) is 35.8 Å². The first-order valence-electron chi connectivity index (χ1n) is 3.09. The van der Waals surface area contributed by atoms with Gasteiger partial charge >= 0.3 is 0 Å². The van der Waals surface area contributed by atoms with Crippen molar-refractivity contribution in [2.75, 3.05) is 0 Å². The zero-order valence-corrected chi connectivity index (χ0v) is 4.33. The van der Waals surface area contributed by atoms with Crippen LogP contribution in [0.3, 0.4) is 0 Å². The Bertz CT molecular complexity index is 176. The fourth-order valence-corrected chi connectivity index (χ4v) is 2.19. The smallest absolute Gasteiger partial charge is 0.0990 e. The number of nitriles is 1. The quantitative estimate of drug-likeness (QED) is 0.461. The molecule has 2 saturated heterocycles. The molecule has 2 heteroatoms. The van der Waals surface area contributed by atoms with Crippen molar-refractivity contribution < 1.29 is 0 Å². The first-order valence-corrected chi connectivity index (χ1v) is 3.09. The van der Waals surface area contributed by atoms with Crippen molar-refractivity contribution in [1.82, 2.24) is 5.32 Å². The van der Waals surface area contributed by atoms with E-state index in [1.165, 1.54) is 0 Å². The SMILES string of the molecule is N#C[C@@H]1N[C@@H]2C3C1[C@@H]32. The average Bonchev–Trinajstić information content (AvgIpc) is 2.58. The van der Waals surface area contributed by atoms with E-state index in [0.29, 0.717) is 0 Å². The van der Waals surface area contributed by atoms with E-state index in [0.717, 1.165) is 23.8 Å². The predicted octanol–water partition coefficient (Wildman–Crippen LogP) is -0.274. The number of nitrogens with one attached hydrogen (secondary N) is 1. The van der Waals surface area contributed by atoms with Crippen LogP contribution in [-0.4, -0.2) is 12.1 Å². The molecule has 0 radical (unpaired) electrons. The van der Waals surface area contributed by atoms with E-state index >= 15 is 0 Å². The van der Waals surface area contributed by atoms with E-state index in [2.05, 4.69) is 11.4 Å². The van der Waals surface area contributed by atoms with Crippen molar-refractivity contribution in [3.8, 4) is 6.07 Å². The lowest BCUT2D eigenvalue weighted by Crippen LogP contribution is -2.19. The van der Waals surface area contributed by atoms with Crippen LogP contribution < -0.4 is 5.32 Å². The minimum Gasteiger partial charge on any atom is -0.298 e. The summed E-state index contributed by atoms with van der Waals surface area (Å²) in [6.45, 7) is 0. The molecule has 0 aromatic heterocycles. The van der Waals surface area contributed by atoms with Crippen molar-refractivity contribution in [2.24, 2.45) is 17.8 Å². The highest BCUT2D eigenvalue weighted by atomic mass is 15.2. The van der Waals surface area contributed by atoms with Gasteiger partial charge < -0.3 is 0 Å². The number of hydrogen-bond acceptors (Lipinski definition) is 2. The minimum atomic E-state index is 0.231. The van der Waals surface area contributed by atoms with Gasteiger partial charge in [0.05, 0.1) is 12.1 Å². The van der Waals surface area contributed by atoms with E-state index in [1.54, 1.807) is 0 Å². The van der Waals surface area contributed by atoms with Crippen molar-refractivity contribution in [2.45, 2.75) is 12.1 Å². The highest BCUT2D eigenvalue weighted by Crippen LogP contribution is 2.73. The fourth-order valence-electron chi connectivity index (χ4n) is 2.19. The second kappa shape index (κ2) is 0.708. The monoisotopic (exact) mass is 106 g/mol. The van der Waals surface area contributed by atoms with Gasteiger partial charge in [-0.05, 0) is 17.8 Å². The van der Waals surface area contributed by atoms with Crippen LogP contribution in [0.15, 0.2) is 0 Å². The van der Waals surface area contributed by atoms with Crippen molar-refractivity contribution in [3.63, 3.8) is 0 Å². The largest absolute Gasteiger partial charge is 0.298 e. The Kier molecular flexibility index (Phi) is 0.307. The summed E-state index contributed by atoms with van der Waals surface area (Å²) in [4.78, 5) is 0. The molecule has 0 aromatic rings. The first-order chi connectivity index (χ1) is 3.93. The normalized spacial score (nSPS) is 71.1. The van der Waals surface area contributed by atoms with Gasteiger partial charge in [-0.15, -0.1) is 0 Å². The molecule has 4 aliphatic rings. The number of piperidine rings is 1. The molecule has 4 fully saturated rings. The van der Waals surface area contributed by atoms with Crippen LogP contribution >= 0.6 is 0 Å². The molecule has 2 aliphatic carbocycles. The van der Waals surface area contributed by atoms with Crippen LogP contribution in [0.4, 0.5) is 0 Å². The molecule has 1 N–H and O–H groups in total. The van der Waals surface area contributed by atoms with Gasteiger partial charge in [0, 0.05) is 6.04 Å². The van der Waals surface area contributed by atoms with E-state index in [9.17, 15) is 0 Å². The summed E-state index contributed by atoms with van der Waals surface area (Å²) in [7, 11) is 0. The van der Waals surface area contributed by atoms with Gasteiger partial charge in [0.25, 0.3) is 0 Å². The maximum atomic E-state index is 8.46. The van der Waals surface area contributed by atoms with Gasteiger partial charge in [0.1, 0.15) is 0 Å². The zero-order valence-electron chi connectivity index (χ0n) is 4.33. The van der Waals surface area contributed by atoms with Crippen molar-refractivity contribution >= 4 is 0 Å². The fraction of sp³-hybridized carbons (Fsp3) is 0.833. The van der Waals surface area contributed by atoms with Crippen LogP contribution in [0.2, 0.25) is 0 Å². The molecule has 2 saturated carbocycles. The summed E-state index contributed by atoms with van der Waals surface area (Å²) in [5, 5.41) is 11.7.